The molecule has 25 heavy (non-hydrogen) atoms. The molecule has 1 aromatic heterocycles. The van der Waals surface area contributed by atoms with Gasteiger partial charge in [-0.1, -0.05) is 18.2 Å². The standard InChI is InChI=1S/C19H23N3O3/c1-14(2)25-18-10-5-4-9-17(18)21-19(24)13-22(15(3)23)12-16-8-6-7-11-20-16/h4-11,14H,12-13H2,1-3H3,(H,21,24). The second kappa shape index (κ2) is 8.82. The highest BCUT2D eigenvalue weighted by Crippen LogP contribution is 2.24. The first-order chi connectivity index (χ1) is 12.0. The van der Waals surface area contributed by atoms with Crippen molar-refractivity contribution < 1.29 is 14.3 Å². The zero-order valence-electron chi connectivity index (χ0n) is 14.7. The van der Waals surface area contributed by atoms with E-state index in [4.69, 9.17) is 4.74 Å². The maximum Gasteiger partial charge on any atom is 0.244 e. The van der Waals surface area contributed by atoms with E-state index < -0.39 is 0 Å². The number of nitrogens with zero attached hydrogens (tertiary/aromatic N) is 2. The summed E-state index contributed by atoms with van der Waals surface area (Å²) >= 11 is 0. The van der Waals surface area contributed by atoms with Crippen molar-refractivity contribution in [2.75, 3.05) is 11.9 Å². The van der Waals surface area contributed by atoms with Crippen LogP contribution in [0.2, 0.25) is 0 Å². The number of carbonyl (C=O) groups excluding carboxylic acids is 2. The van der Waals surface area contributed by atoms with Crippen LogP contribution in [0.3, 0.4) is 0 Å². The van der Waals surface area contributed by atoms with Crippen molar-refractivity contribution in [3.63, 3.8) is 0 Å². The van der Waals surface area contributed by atoms with Crippen LogP contribution in [0.15, 0.2) is 48.7 Å². The summed E-state index contributed by atoms with van der Waals surface area (Å²) in [5.41, 5.74) is 1.32. The molecule has 1 heterocycles. The maximum absolute atomic E-state index is 12.4. The summed E-state index contributed by atoms with van der Waals surface area (Å²) < 4.78 is 5.69. The monoisotopic (exact) mass is 341 g/mol. The number of pyridine rings is 1. The molecule has 0 unspecified atom stereocenters. The van der Waals surface area contributed by atoms with Gasteiger partial charge in [-0.2, -0.15) is 0 Å². The molecule has 0 radical (unpaired) electrons. The summed E-state index contributed by atoms with van der Waals surface area (Å²) in [6, 6.07) is 12.7. The number of anilines is 1. The lowest BCUT2D eigenvalue weighted by Gasteiger charge is -2.21. The predicted molar refractivity (Wildman–Crippen MR) is 96.2 cm³/mol. The third kappa shape index (κ3) is 5.91. The lowest BCUT2D eigenvalue weighted by molar-refractivity contribution is -0.133. The Labute approximate surface area is 147 Å². The number of nitrogens with one attached hydrogen (secondary N) is 1. The number of amides is 2. The van der Waals surface area contributed by atoms with E-state index in [0.29, 0.717) is 11.4 Å². The van der Waals surface area contributed by atoms with Gasteiger partial charge in [-0.3, -0.25) is 14.6 Å². The number of carbonyl (C=O) groups is 2. The molecular formula is C19H23N3O3. The molecule has 132 valence electrons. The lowest BCUT2D eigenvalue weighted by atomic mass is 10.2. The summed E-state index contributed by atoms with van der Waals surface area (Å²) in [6.45, 7) is 5.51. The van der Waals surface area contributed by atoms with Gasteiger partial charge in [0.25, 0.3) is 0 Å². The van der Waals surface area contributed by atoms with E-state index in [1.165, 1.54) is 11.8 Å². The van der Waals surface area contributed by atoms with Gasteiger partial charge in [0.1, 0.15) is 12.3 Å². The largest absolute Gasteiger partial charge is 0.489 e. The molecular weight excluding hydrogens is 318 g/mol. The maximum atomic E-state index is 12.4. The minimum atomic E-state index is -0.286. The molecule has 0 aliphatic carbocycles. The number of rotatable bonds is 7. The molecule has 0 atom stereocenters. The van der Waals surface area contributed by atoms with Crippen LogP contribution < -0.4 is 10.1 Å². The van der Waals surface area contributed by atoms with Crippen molar-refractivity contribution in [3.05, 3.63) is 54.4 Å². The molecule has 0 saturated heterocycles. The van der Waals surface area contributed by atoms with Gasteiger partial charge in [-0.05, 0) is 38.1 Å². The zero-order valence-corrected chi connectivity index (χ0v) is 14.7. The smallest absolute Gasteiger partial charge is 0.244 e. The van der Waals surface area contributed by atoms with E-state index in [2.05, 4.69) is 10.3 Å². The highest BCUT2D eigenvalue weighted by molar-refractivity contribution is 5.95. The van der Waals surface area contributed by atoms with Gasteiger partial charge >= 0.3 is 0 Å². The second-order valence-electron chi connectivity index (χ2n) is 5.91. The fraction of sp³-hybridized carbons (Fsp3) is 0.316. The van der Waals surface area contributed by atoms with Crippen molar-refractivity contribution >= 4 is 17.5 Å². The van der Waals surface area contributed by atoms with Gasteiger partial charge in [0.15, 0.2) is 0 Å². The molecule has 1 N–H and O–H groups in total. The average Bonchev–Trinajstić information content (AvgIpc) is 2.56. The third-order valence-electron chi connectivity index (χ3n) is 3.38. The first-order valence-corrected chi connectivity index (χ1v) is 8.16. The van der Waals surface area contributed by atoms with Gasteiger partial charge in [0.05, 0.1) is 24.0 Å². The fourth-order valence-electron chi connectivity index (χ4n) is 2.26. The summed E-state index contributed by atoms with van der Waals surface area (Å²) in [4.78, 5) is 29.9. The third-order valence-corrected chi connectivity index (χ3v) is 3.38. The van der Waals surface area contributed by atoms with Crippen LogP contribution in [0, 0.1) is 0 Å². The van der Waals surface area contributed by atoms with Crippen LogP contribution in [-0.2, 0) is 16.1 Å². The molecule has 6 heteroatoms. The van der Waals surface area contributed by atoms with Crippen LogP contribution in [0.25, 0.3) is 0 Å². The Balaban J connectivity index is 2.03. The average molecular weight is 341 g/mol. The molecule has 0 fully saturated rings. The Hall–Kier alpha value is -2.89. The van der Waals surface area contributed by atoms with Crippen LogP contribution in [-0.4, -0.2) is 34.3 Å². The van der Waals surface area contributed by atoms with E-state index in [0.717, 1.165) is 5.69 Å². The highest BCUT2D eigenvalue weighted by Gasteiger charge is 2.16. The molecule has 2 aromatic rings. The first-order valence-electron chi connectivity index (χ1n) is 8.16. The Morgan fingerprint density at radius 2 is 1.88 bits per heavy atom. The molecule has 6 nitrogen and oxygen atoms in total. The summed E-state index contributed by atoms with van der Waals surface area (Å²) in [6.07, 6.45) is 1.66. The number of aromatic nitrogens is 1. The zero-order chi connectivity index (χ0) is 18.2. The molecule has 1 aromatic carbocycles. The molecule has 0 bridgehead atoms. The van der Waals surface area contributed by atoms with Crippen LogP contribution in [0.5, 0.6) is 5.75 Å². The Morgan fingerprint density at radius 1 is 1.16 bits per heavy atom. The molecule has 0 aliphatic rings. The predicted octanol–water partition coefficient (Wildman–Crippen LogP) is 2.86. The first kappa shape index (κ1) is 18.4. The summed E-state index contributed by atoms with van der Waals surface area (Å²) in [7, 11) is 0. The van der Waals surface area contributed by atoms with Crippen molar-refractivity contribution in [2.24, 2.45) is 0 Å². The Kier molecular flexibility index (Phi) is 6.51. The number of para-hydroxylation sites is 2. The van der Waals surface area contributed by atoms with Crippen molar-refractivity contribution in [2.45, 2.75) is 33.4 Å². The molecule has 2 amide bonds. The molecule has 0 aliphatic heterocycles. The van der Waals surface area contributed by atoms with Crippen LogP contribution in [0.1, 0.15) is 26.5 Å². The van der Waals surface area contributed by atoms with Crippen molar-refractivity contribution in [1.82, 2.24) is 9.88 Å². The van der Waals surface area contributed by atoms with Gasteiger partial charge < -0.3 is 15.0 Å². The van der Waals surface area contributed by atoms with E-state index >= 15 is 0 Å². The minimum absolute atomic E-state index is 0.00377. The van der Waals surface area contributed by atoms with E-state index in [1.54, 1.807) is 24.4 Å². The molecule has 2 rings (SSSR count). The van der Waals surface area contributed by atoms with Gasteiger partial charge in [0.2, 0.25) is 11.8 Å². The normalized spacial score (nSPS) is 10.4. The lowest BCUT2D eigenvalue weighted by Crippen LogP contribution is -2.36. The van der Waals surface area contributed by atoms with Gasteiger partial charge in [0, 0.05) is 13.1 Å². The van der Waals surface area contributed by atoms with Crippen molar-refractivity contribution in [1.29, 1.82) is 0 Å². The van der Waals surface area contributed by atoms with Gasteiger partial charge in [-0.25, -0.2) is 0 Å². The number of ether oxygens (including phenoxy) is 1. The van der Waals surface area contributed by atoms with E-state index in [-0.39, 0.29) is 31.0 Å². The summed E-state index contributed by atoms with van der Waals surface area (Å²) in [5.74, 6) is 0.128. The second-order valence-corrected chi connectivity index (χ2v) is 5.91. The number of hydrogen-bond acceptors (Lipinski definition) is 4. The van der Waals surface area contributed by atoms with E-state index in [9.17, 15) is 9.59 Å². The number of hydrogen-bond donors (Lipinski definition) is 1. The van der Waals surface area contributed by atoms with Crippen molar-refractivity contribution in [3.8, 4) is 5.75 Å². The molecule has 0 spiro atoms. The van der Waals surface area contributed by atoms with Gasteiger partial charge in [-0.15, -0.1) is 0 Å². The number of benzene rings is 1. The SMILES string of the molecule is CC(=O)N(CC(=O)Nc1ccccc1OC(C)C)Cc1ccccn1. The van der Waals surface area contributed by atoms with E-state index in [1.807, 2.05) is 38.1 Å². The minimum Gasteiger partial charge on any atom is -0.489 e. The van der Waals surface area contributed by atoms with Crippen LogP contribution in [0.4, 0.5) is 5.69 Å². The topological polar surface area (TPSA) is 71.5 Å². The quantitative estimate of drug-likeness (QED) is 0.840. The summed E-state index contributed by atoms with van der Waals surface area (Å²) in [5, 5.41) is 2.81. The highest BCUT2D eigenvalue weighted by atomic mass is 16.5. The fourth-order valence-corrected chi connectivity index (χ4v) is 2.26. The Bertz CT molecular complexity index is 717. The Morgan fingerprint density at radius 3 is 2.52 bits per heavy atom. The molecule has 0 saturated carbocycles. The van der Waals surface area contributed by atoms with Crippen LogP contribution >= 0.6 is 0 Å².